The number of hydrogen-bond acceptors (Lipinski definition) is 6. The highest BCUT2D eigenvalue weighted by Gasteiger charge is 2.33. The van der Waals surface area contributed by atoms with E-state index in [9.17, 15) is 13.2 Å². The summed E-state index contributed by atoms with van der Waals surface area (Å²) in [4.78, 5) is 14.8. The summed E-state index contributed by atoms with van der Waals surface area (Å²) in [5.41, 5.74) is 1.79. The van der Waals surface area contributed by atoms with Crippen molar-refractivity contribution >= 4 is 27.5 Å². The van der Waals surface area contributed by atoms with Gasteiger partial charge in [-0.15, -0.1) is 0 Å². The summed E-state index contributed by atoms with van der Waals surface area (Å²) in [5.74, 6) is 0.433. The number of sulfonamides is 1. The third-order valence-electron chi connectivity index (χ3n) is 5.52. The number of amides is 1. The molecule has 0 unspecified atom stereocenters. The lowest BCUT2D eigenvalue weighted by Gasteiger charge is -2.34. The second kappa shape index (κ2) is 9.42. The molecule has 0 saturated carbocycles. The third kappa shape index (κ3) is 4.54. The molecule has 33 heavy (non-hydrogen) atoms. The van der Waals surface area contributed by atoms with E-state index < -0.39 is 10.0 Å². The van der Waals surface area contributed by atoms with Crippen molar-refractivity contribution in [1.82, 2.24) is 19.4 Å². The fraction of sp³-hybridized carbons (Fsp3) is 0.273. The maximum absolute atomic E-state index is 13.3. The molecule has 1 aliphatic rings. The number of methoxy groups -OCH3 is 2. The van der Waals surface area contributed by atoms with Crippen LogP contribution in [0.5, 0.6) is 11.5 Å². The summed E-state index contributed by atoms with van der Waals surface area (Å²) in [6.45, 7) is 0.802. The largest absolute Gasteiger partial charge is 0.497 e. The summed E-state index contributed by atoms with van der Waals surface area (Å²) in [7, 11) is -0.950. The molecule has 0 bridgehead atoms. The number of carbonyl (C=O) groups excluding carboxylic acids is 1. The number of rotatable bonds is 6. The lowest BCUT2D eigenvalue weighted by molar-refractivity contribution is 0.0698. The average Bonchev–Trinajstić information content (AvgIpc) is 3.33. The highest BCUT2D eigenvalue weighted by atomic mass is 35.5. The Bertz CT molecular complexity index is 1250. The van der Waals surface area contributed by atoms with Crippen molar-refractivity contribution in [3.8, 4) is 22.8 Å². The molecule has 3 aromatic rings. The Hall–Kier alpha value is -3.08. The first-order chi connectivity index (χ1) is 15.8. The SMILES string of the molecule is COc1ccc(OC)c(S(=O)(=O)N2CCN(C(=O)c3cn[nH]c3-c3ccc(Cl)cc3)CC2)c1. The number of hydrogen-bond donors (Lipinski definition) is 1. The maximum atomic E-state index is 13.3. The number of benzene rings is 2. The predicted octanol–water partition coefficient (Wildman–Crippen LogP) is 2.89. The Labute approximate surface area is 196 Å². The Morgan fingerprint density at radius 3 is 2.36 bits per heavy atom. The number of nitrogens with zero attached hydrogens (tertiary/aromatic N) is 3. The van der Waals surface area contributed by atoms with Crippen LogP contribution >= 0.6 is 11.6 Å². The molecule has 9 nitrogen and oxygen atoms in total. The molecule has 1 aromatic heterocycles. The fourth-order valence-electron chi connectivity index (χ4n) is 3.71. The van der Waals surface area contributed by atoms with Crippen LogP contribution in [-0.4, -0.2) is 74.1 Å². The summed E-state index contributed by atoms with van der Waals surface area (Å²) in [5, 5.41) is 7.49. The van der Waals surface area contributed by atoms with Gasteiger partial charge in [0.05, 0.1) is 31.7 Å². The standard InChI is InChI=1S/C22H23ClN4O5S/c1-31-17-7-8-19(32-2)20(13-17)33(29,30)27-11-9-26(10-12-27)22(28)18-14-24-25-21(18)15-3-5-16(23)6-4-15/h3-8,13-14H,9-12H2,1-2H3,(H,24,25). The van der Waals surface area contributed by atoms with Gasteiger partial charge in [0.15, 0.2) is 0 Å². The van der Waals surface area contributed by atoms with Crippen LogP contribution in [0.25, 0.3) is 11.3 Å². The first-order valence-corrected chi connectivity index (χ1v) is 12.0. The molecule has 1 amide bonds. The number of H-pyrrole nitrogens is 1. The van der Waals surface area contributed by atoms with E-state index in [1.54, 1.807) is 41.3 Å². The minimum absolute atomic E-state index is 0.0315. The second-order valence-corrected chi connectivity index (χ2v) is 9.72. The van der Waals surface area contributed by atoms with Crippen LogP contribution < -0.4 is 9.47 Å². The zero-order valence-corrected chi connectivity index (χ0v) is 19.7. The van der Waals surface area contributed by atoms with Gasteiger partial charge in [0.1, 0.15) is 16.4 Å². The fourth-order valence-corrected chi connectivity index (χ4v) is 5.43. The van der Waals surface area contributed by atoms with E-state index >= 15 is 0 Å². The number of piperazine rings is 1. The molecule has 0 spiro atoms. The lowest BCUT2D eigenvalue weighted by Crippen LogP contribution is -2.50. The number of aromatic amines is 1. The smallest absolute Gasteiger partial charge is 0.257 e. The molecule has 0 aliphatic carbocycles. The van der Waals surface area contributed by atoms with Crippen LogP contribution in [0.1, 0.15) is 10.4 Å². The molecule has 11 heteroatoms. The molecular weight excluding hydrogens is 468 g/mol. The van der Waals surface area contributed by atoms with Crippen LogP contribution in [0.3, 0.4) is 0 Å². The molecule has 1 aliphatic heterocycles. The van der Waals surface area contributed by atoms with Gasteiger partial charge in [-0.1, -0.05) is 23.7 Å². The number of carbonyl (C=O) groups is 1. The zero-order valence-electron chi connectivity index (χ0n) is 18.1. The molecule has 4 rings (SSSR count). The third-order valence-corrected chi connectivity index (χ3v) is 7.69. The highest BCUT2D eigenvalue weighted by Crippen LogP contribution is 2.31. The number of aromatic nitrogens is 2. The van der Waals surface area contributed by atoms with E-state index in [4.69, 9.17) is 21.1 Å². The summed E-state index contributed by atoms with van der Waals surface area (Å²) in [6.07, 6.45) is 1.48. The van der Waals surface area contributed by atoms with Crippen molar-refractivity contribution < 1.29 is 22.7 Å². The average molecular weight is 491 g/mol. The van der Waals surface area contributed by atoms with Gasteiger partial charge in [0.2, 0.25) is 10.0 Å². The number of ether oxygens (including phenoxy) is 2. The molecular formula is C22H23ClN4O5S. The normalized spacial score (nSPS) is 14.8. The molecule has 0 radical (unpaired) electrons. The van der Waals surface area contributed by atoms with Gasteiger partial charge in [0, 0.05) is 42.8 Å². The van der Waals surface area contributed by atoms with Gasteiger partial charge >= 0.3 is 0 Å². The lowest BCUT2D eigenvalue weighted by atomic mass is 10.1. The minimum Gasteiger partial charge on any atom is -0.497 e. The van der Waals surface area contributed by atoms with Crippen molar-refractivity contribution in [3.05, 3.63) is 59.2 Å². The first-order valence-electron chi connectivity index (χ1n) is 10.2. The van der Waals surface area contributed by atoms with Gasteiger partial charge in [-0.05, 0) is 24.3 Å². The molecule has 0 atom stereocenters. The maximum Gasteiger partial charge on any atom is 0.257 e. The van der Waals surface area contributed by atoms with Crippen LogP contribution in [0, 0.1) is 0 Å². The van der Waals surface area contributed by atoms with Gasteiger partial charge in [0.25, 0.3) is 5.91 Å². The van der Waals surface area contributed by atoms with Crippen molar-refractivity contribution in [2.45, 2.75) is 4.90 Å². The van der Waals surface area contributed by atoms with E-state index in [2.05, 4.69) is 10.2 Å². The summed E-state index contributed by atoms with van der Waals surface area (Å²) in [6, 6.07) is 11.7. The van der Waals surface area contributed by atoms with Crippen LogP contribution in [0.4, 0.5) is 0 Å². The number of halogens is 1. The van der Waals surface area contributed by atoms with E-state index in [0.29, 0.717) is 22.0 Å². The summed E-state index contributed by atoms with van der Waals surface area (Å²) < 4.78 is 38.3. The van der Waals surface area contributed by atoms with Crippen molar-refractivity contribution in [2.75, 3.05) is 40.4 Å². The predicted molar refractivity (Wildman–Crippen MR) is 123 cm³/mol. The van der Waals surface area contributed by atoms with Crippen molar-refractivity contribution in [1.29, 1.82) is 0 Å². The Morgan fingerprint density at radius 1 is 1.03 bits per heavy atom. The van der Waals surface area contributed by atoms with Gasteiger partial charge < -0.3 is 14.4 Å². The molecule has 2 aromatic carbocycles. The molecule has 2 heterocycles. The summed E-state index contributed by atoms with van der Waals surface area (Å²) >= 11 is 5.96. The molecule has 1 saturated heterocycles. The topological polar surface area (TPSA) is 105 Å². The van der Waals surface area contributed by atoms with Crippen molar-refractivity contribution in [2.24, 2.45) is 0 Å². The second-order valence-electron chi connectivity index (χ2n) is 7.38. The zero-order chi connectivity index (χ0) is 23.6. The van der Waals surface area contributed by atoms with Crippen molar-refractivity contribution in [3.63, 3.8) is 0 Å². The molecule has 174 valence electrons. The monoisotopic (exact) mass is 490 g/mol. The Balaban J connectivity index is 1.50. The van der Waals surface area contributed by atoms with Gasteiger partial charge in [-0.25, -0.2) is 8.42 Å². The van der Waals surface area contributed by atoms with E-state index in [-0.39, 0.29) is 42.7 Å². The quantitative estimate of drug-likeness (QED) is 0.569. The highest BCUT2D eigenvalue weighted by molar-refractivity contribution is 7.89. The van der Waals surface area contributed by atoms with Gasteiger partial charge in [-0.2, -0.15) is 9.40 Å². The molecule has 1 fully saturated rings. The Morgan fingerprint density at radius 2 is 1.73 bits per heavy atom. The first kappa shape index (κ1) is 23.1. The van der Waals surface area contributed by atoms with E-state index in [1.807, 2.05) is 0 Å². The minimum atomic E-state index is -3.84. The number of nitrogens with one attached hydrogen (secondary N) is 1. The van der Waals surface area contributed by atoms with E-state index in [1.165, 1.54) is 30.8 Å². The van der Waals surface area contributed by atoms with E-state index in [0.717, 1.165) is 5.56 Å². The Kier molecular flexibility index (Phi) is 6.59. The van der Waals surface area contributed by atoms with Gasteiger partial charge in [-0.3, -0.25) is 9.89 Å². The van der Waals surface area contributed by atoms with Crippen LogP contribution in [0.15, 0.2) is 53.6 Å². The molecule has 1 N–H and O–H groups in total. The van der Waals surface area contributed by atoms with Crippen LogP contribution in [0.2, 0.25) is 5.02 Å². The van der Waals surface area contributed by atoms with Crippen LogP contribution in [-0.2, 0) is 10.0 Å².